The summed E-state index contributed by atoms with van der Waals surface area (Å²) < 4.78 is 4.75. The first-order valence-corrected chi connectivity index (χ1v) is 29.4. The zero-order valence-corrected chi connectivity index (χ0v) is 42.8. The first-order valence-electron chi connectivity index (χ1n) is 25.4. The van der Waals surface area contributed by atoms with Crippen molar-refractivity contribution in [2.45, 2.75) is 0 Å². The Kier molecular flexibility index (Phi) is 10.4. The first-order chi connectivity index (χ1) is 36.7. The van der Waals surface area contributed by atoms with Gasteiger partial charge in [-0.15, -0.1) is 0 Å². The van der Waals surface area contributed by atoms with E-state index in [-0.39, 0.29) is 0 Å². The van der Waals surface area contributed by atoms with E-state index in [1.165, 1.54) is 69.2 Å². The molecule has 0 aliphatic carbocycles. The number of benzene rings is 10. The molecule has 10 aromatic carbocycles. The Balaban J connectivity index is 1.14. The third-order valence-electron chi connectivity index (χ3n) is 15.6. The van der Waals surface area contributed by atoms with Gasteiger partial charge in [0, 0.05) is 51.8 Å². The quantitative estimate of drug-likeness (QED) is 0.107. The average molecular weight is 980 g/mol. The highest BCUT2D eigenvalue weighted by molar-refractivity contribution is 7.22. The number of rotatable bonds is 9. The van der Waals surface area contributed by atoms with Gasteiger partial charge in [0.05, 0.1) is 22.1 Å². The van der Waals surface area contributed by atoms with Crippen LogP contribution < -0.4 is 46.4 Å². The summed E-state index contributed by atoms with van der Waals surface area (Å²) in [5.74, 6) is 1.82. The molecule has 3 aromatic heterocycles. The summed E-state index contributed by atoms with van der Waals surface area (Å²) in [4.78, 5) is 13.0. The van der Waals surface area contributed by atoms with Crippen molar-refractivity contribution in [2.75, 3.05) is 4.90 Å². The van der Waals surface area contributed by atoms with Crippen LogP contribution in [0.4, 0.5) is 17.1 Å². The van der Waals surface area contributed by atoms with Gasteiger partial charge in [-0.1, -0.05) is 218 Å². The topological polar surface area (TPSA) is 38.9 Å². The zero-order chi connectivity index (χ0) is 49.2. The Labute approximate surface area is 432 Å². The van der Waals surface area contributed by atoms with Crippen molar-refractivity contribution in [3.63, 3.8) is 0 Å². The highest BCUT2D eigenvalue weighted by Crippen LogP contribution is 2.42. The summed E-state index contributed by atoms with van der Waals surface area (Å²) in [6, 6.07) is 102. The molecule has 5 nitrogen and oxygen atoms in total. The predicted octanol–water partition coefficient (Wildman–Crippen LogP) is 10.3. The van der Waals surface area contributed by atoms with E-state index >= 15 is 0 Å². The Hall–Kier alpha value is -9.15. The fourth-order valence-corrected chi connectivity index (χ4v) is 22.6. The van der Waals surface area contributed by atoms with Gasteiger partial charge in [0.2, 0.25) is 0 Å². The Bertz CT molecular complexity index is 4120. The average Bonchev–Trinajstić information content (AvgIpc) is 4.01. The molecular weight excluding hydrogens is 931 g/mol. The minimum atomic E-state index is -3.20. The zero-order valence-electron chi connectivity index (χ0n) is 40.8. The highest BCUT2D eigenvalue weighted by Gasteiger charge is 2.51. The van der Waals surface area contributed by atoms with Crippen molar-refractivity contribution >= 4 is 108 Å². The van der Waals surface area contributed by atoms with E-state index in [0.717, 1.165) is 39.4 Å². The van der Waals surface area contributed by atoms with Crippen LogP contribution in [-0.2, 0) is 7.05 Å². The van der Waals surface area contributed by atoms with Crippen molar-refractivity contribution in [2.24, 2.45) is 7.05 Å². The summed E-state index contributed by atoms with van der Waals surface area (Å²) in [6.07, 6.45) is 1.94. The summed E-state index contributed by atoms with van der Waals surface area (Å²) in [6.45, 7) is 0. The Morgan fingerprint density at radius 2 is 1.01 bits per heavy atom. The molecule has 0 amide bonds. The normalized spacial score (nSPS) is 13.0. The van der Waals surface area contributed by atoms with Gasteiger partial charge in [-0.25, -0.2) is 9.97 Å². The van der Waals surface area contributed by atoms with Gasteiger partial charge in [0.1, 0.15) is 11.6 Å². The molecule has 0 saturated heterocycles. The van der Waals surface area contributed by atoms with Gasteiger partial charge in [-0.2, -0.15) is 0 Å². The molecule has 7 heteroatoms. The molecule has 0 N–H and O–H groups in total. The molecule has 13 aromatic rings. The lowest BCUT2D eigenvalue weighted by molar-refractivity contribution is 0.959. The summed E-state index contributed by atoms with van der Waals surface area (Å²) in [5.41, 5.74) is 8.99. The fourth-order valence-electron chi connectivity index (χ4n) is 12.5. The largest absolute Gasteiger partial charge is 0.327 e. The number of pyridine rings is 1. The summed E-state index contributed by atoms with van der Waals surface area (Å²) >= 11 is 0. The number of anilines is 3. The lowest BCUT2D eigenvalue weighted by atomic mass is 10.1. The lowest BCUT2D eigenvalue weighted by Crippen LogP contribution is -2.77. The maximum Gasteiger partial charge on any atom is 0.186 e. The predicted molar refractivity (Wildman–Crippen MR) is 314 cm³/mol. The number of imidazole rings is 1. The van der Waals surface area contributed by atoms with Crippen molar-refractivity contribution in [3.8, 4) is 17.2 Å². The Morgan fingerprint density at radius 3 is 1.69 bits per heavy atom. The molecular formula is C67H49N5Si2. The van der Waals surface area contributed by atoms with Crippen LogP contribution in [0.3, 0.4) is 0 Å². The second-order valence-electron chi connectivity index (χ2n) is 19.3. The molecule has 74 heavy (non-hydrogen) atoms. The van der Waals surface area contributed by atoms with Gasteiger partial charge < -0.3 is 9.47 Å². The minimum Gasteiger partial charge on any atom is -0.327 e. The second kappa shape index (κ2) is 17.6. The van der Waals surface area contributed by atoms with Gasteiger partial charge in [0.25, 0.3) is 0 Å². The maximum absolute atomic E-state index is 5.29. The molecule has 4 heterocycles. The number of hydrogen-bond donors (Lipinski definition) is 0. The van der Waals surface area contributed by atoms with Gasteiger partial charge in [0.15, 0.2) is 16.1 Å². The van der Waals surface area contributed by atoms with E-state index in [4.69, 9.17) is 9.97 Å². The summed E-state index contributed by atoms with van der Waals surface area (Å²) in [7, 11) is -4.21. The van der Waals surface area contributed by atoms with Crippen molar-refractivity contribution < 1.29 is 0 Å². The Morgan fingerprint density at radius 1 is 0.432 bits per heavy atom. The second-order valence-corrected chi connectivity index (χ2v) is 26.8. The number of para-hydroxylation sites is 4. The molecule has 0 spiro atoms. The number of aryl methyl sites for hydroxylation is 1. The maximum atomic E-state index is 5.29. The molecule has 350 valence electrons. The molecule has 0 bridgehead atoms. The number of fused-ring (bicyclic) bond motifs is 7. The highest BCUT2D eigenvalue weighted by atomic mass is 28.3. The molecule has 0 unspecified atom stereocenters. The smallest absolute Gasteiger partial charge is 0.186 e. The SMILES string of the molecule is Cn1c(-c2cccc([Si](c3ccccc3)(c3ccccc3)c3ccc4c5ccc6c(c5n(-c5ccccn5)c4c3)[Si](c3ccccc3)(c3ccccc3)c3ccccc3N6c3ccccc3)c2)nc2ccccc21. The number of nitrogens with zero attached hydrogens (tertiary/aromatic N) is 5. The monoisotopic (exact) mass is 979 g/mol. The van der Waals surface area contributed by atoms with Crippen LogP contribution in [-0.4, -0.2) is 35.2 Å². The van der Waals surface area contributed by atoms with Crippen LogP contribution in [0, 0.1) is 0 Å². The molecule has 0 atom stereocenters. The van der Waals surface area contributed by atoms with Gasteiger partial charge >= 0.3 is 0 Å². The van der Waals surface area contributed by atoms with E-state index < -0.39 is 16.1 Å². The van der Waals surface area contributed by atoms with Crippen LogP contribution in [0.2, 0.25) is 0 Å². The number of hydrogen-bond acceptors (Lipinski definition) is 3. The van der Waals surface area contributed by atoms with Crippen LogP contribution in [0.1, 0.15) is 0 Å². The van der Waals surface area contributed by atoms with Gasteiger partial charge in [-0.05, 0) is 90.9 Å². The lowest BCUT2D eigenvalue weighted by Gasteiger charge is -2.45. The van der Waals surface area contributed by atoms with E-state index in [0.29, 0.717) is 0 Å². The van der Waals surface area contributed by atoms with Crippen LogP contribution >= 0.6 is 0 Å². The van der Waals surface area contributed by atoms with Crippen molar-refractivity contribution in [1.29, 1.82) is 0 Å². The third kappa shape index (κ3) is 6.47. The van der Waals surface area contributed by atoms with E-state index in [2.05, 4.69) is 288 Å². The minimum absolute atomic E-state index is 0.878. The molecule has 0 saturated carbocycles. The van der Waals surface area contributed by atoms with Crippen LogP contribution in [0.5, 0.6) is 0 Å². The third-order valence-corrected chi connectivity index (χ3v) is 25.2. The van der Waals surface area contributed by atoms with E-state index in [1.807, 2.05) is 12.3 Å². The van der Waals surface area contributed by atoms with Crippen LogP contribution in [0.25, 0.3) is 50.0 Å². The molecule has 0 radical (unpaired) electrons. The van der Waals surface area contributed by atoms with E-state index in [9.17, 15) is 0 Å². The van der Waals surface area contributed by atoms with E-state index in [1.54, 1.807) is 0 Å². The van der Waals surface area contributed by atoms with Crippen molar-refractivity contribution in [3.05, 3.63) is 279 Å². The first kappa shape index (κ1) is 43.6. The standard InChI is InChI=1S/C67H49N5Si2/c1-70-59-37-18-17-36-58(59)69-67(70)48-24-23-35-54(46-48)73(50-27-9-3-10-28-50,51-29-11-4-12-30-51)55-41-42-56-57-43-44-61-66(65(57)72(62(56)47-55)64-40-21-22-45-68-64)74(52-31-13-5-14-32-52,53-33-15-6-16-34-53)63-39-20-19-38-60(63)71(61)49-25-7-2-8-26-49/h2-47H,1H3. The number of aromatic nitrogens is 4. The fraction of sp³-hybridized carbons (Fsp3) is 0.0149. The molecule has 1 aliphatic heterocycles. The van der Waals surface area contributed by atoms with Gasteiger partial charge in [-0.3, -0.25) is 4.57 Å². The summed E-state index contributed by atoms with van der Waals surface area (Å²) in [5, 5.41) is 12.9. The van der Waals surface area contributed by atoms with Crippen molar-refractivity contribution in [1.82, 2.24) is 19.1 Å². The van der Waals surface area contributed by atoms with Crippen LogP contribution in [0.15, 0.2) is 279 Å². The molecule has 1 aliphatic rings. The molecule has 0 fully saturated rings. The molecule has 14 rings (SSSR count).